The van der Waals surface area contributed by atoms with Crippen LogP contribution in [0.25, 0.3) is 0 Å². The molecule has 0 bridgehead atoms. The first kappa shape index (κ1) is 14.8. The minimum Gasteiger partial charge on any atom is -0.258 e. The van der Waals surface area contributed by atoms with Crippen molar-refractivity contribution in [3.05, 3.63) is 39.4 Å². The van der Waals surface area contributed by atoms with Crippen molar-refractivity contribution in [1.29, 1.82) is 0 Å². The van der Waals surface area contributed by atoms with Crippen LogP contribution in [0.5, 0.6) is 0 Å². The molecule has 1 rings (SSSR count). The first-order chi connectivity index (χ1) is 8.38. The summed E-state index contributed by atoms with van der Waals surface area (Å²) in [6, 6.07) is 3.53. The second-order valence-electron chi connectivity index (χ2n) is 4.08. The van der Waals surface area contributed by atoms with Crippen molar-refractivity contribution in [1.82, 2.24) is 0 Å². The Kier molecular flexibility index (Phi) is 5.02. The van der Waals surface area contributed by atoms with Crippen molar-refractivity contribution in [3.63, 3.8) is 0 Å². The summed E-state index contributed by atoms with van der Waals surface area (Å²) in [6.45, 7) is 3.61. The van der Waals surface area contributed by atoms with Gasteiger partial charge in [0.15, 0.2) is 0 Å². The highest BCUT2D eigenvalue weighted by Gasteiger charge is 2.24. The Morgan fingerprint density at radius 1 is 1.39 bits per heavy atom. The zero-order valence-corrected chi connectivity index (χ0v) is 10.8. The van der Waals surface area contributed by atoms with Gasteiger partial charge in [-0.3, -0.25) is 10.1 Å². The molecule has 0 aliphatic heterocycles. The molecule has 6 heteroatoms. The highest BCUT2D eigenvalue weighted by molar-refractivity contribution is 6.21. The molecule has 0 heterocycles. The predicted molar refractivity (Wildman–Crippen MR) is 66.4 cm³/mol. The molecule has 0 aromatic heterocycles. The Morgan fingerprint density at radius 2 is 2.00 bits per heavy atom. The quantitative estimate of drug-likeness (QED) is 0.446. The largest absolute Gasteiger partial charge is 0.269 e. The van der Waals surface area contributed by atoms with Crippen LogP contribution in [-0.2, 0) is 0 Å². The normalized spacial score (nSPS) is 14.6. The molecule has 1 aromatic carbocycles. The van der Waals surface area contributed by atoms with Gasteiger partial charge in [0.1, 0.15) is 0 Å². The first-order valence-corrected chi connectivity index (χ1v) is 6.02. The molecule has 0 fully saturated rings. The molecule has 100 valence electrons. The summed E-state index contributed by atoms with van der Waals surface area (Å²) in [7, 11) is 0. The van der Waals surface area contributed by atoms with Gasteiger partial charge in [0.2, 0.25) is 0 Å². The van der Waals surface area contributed by atoms with Gasteiger partial charge in [0.25, 0.3) is 12.1 Å². The molecule has 0 aliphatic carbocycles. The van der Waals surface area contributed by atoms with E-state index in [0.717, 1.165) is 6.07 Å². The van der Waals surface area contributed by atoms with Gasteiger partial charge in [-0.1, -0.05) is 19.9 Å². The van der Waals surface area contributed by atoms with E-state index < -0.39 is 11.3 Å². The Balaban J connectivity index is 3.23. The molecule has 0 aliphatic rings. The zero-order valence-electron chi connectivity index (χ0n) is 10.1. The monoisotopic (exact) mass is 277 g/mol. The van der Waals surface area contributed by atoms with Gasteiger partial charge < -0.3 is 0 Å². The van der Waals surface area contributed by atoms with Crippen molar-refractivity contribution < 1.29 is 13.7 Å². The Morgan fingerprint density at radius 3 is 2.44 bits per heavy atom. The lowest BCUT2D eigenvalue weighted by molar-refractivity contribution is -0.385. The SMILES string of the molecule is CCC(Cl)C(C)c1ccc([N+](=O)[O-])cc1C(F)F. The number of alkyl halides is 3. The number of nitro benzene ring substituents is 1. The number of halogens is 3. The van der Waals surface area contributed by atoms with Gasteiger partial charge >= 0.3 is 0 Å². The summed E-state index contributed by atoms with van der Waals surface area (Å²) in [5, 5.41) is 10.3. The van der Waals surface area contributed by atoms with Gasteiger partial charge in [0.05, 0.1) is 4.92 Å². The molecule has 0 radical (unpaired) electrons. The van der Waals surface area contributed by atoms with E-state index in [-0.39, 0.29) is 22.5 Å². The number of hydrogen-bond donors (Lipinski definition) is 0. The van der Waals surface area contributed by atoms with Gasteiger partial charge in [-0.2, -0.15) is 0 Å². The molecule has 0 N–H and O–H groups in total. The molecule has 18 heavy (non-hydrogen) atoms. The predicted octanol–water partition coefficient (Wildman–Crippen LogP) is 4.65. The maximum Gasteiger partial charge on any atom is 0.269 e. The van der Waals surface area contributed by atoms with Gasteiger partial charge in [-0.15, -0.1) is 11.6 Å². The van der Waals surface area contributed by atoms with Crippen LogP contribution < -0.4 is 0 Å². The standard InChI is InChI=1S/C12H14ClF2NO2/c1-3-11(13)7(2)9-5-4-8(16(17)18)6-10(9)12(14)15/h4-7,11-12H,3H2,1-2H3. The van der Waals surface area contributed by atoms with Crippen LogP contribution >= 0.6 is 11.6 Å². The van der Waals surface area contributed by atoms with Crippen molar-refractivity contribution in [2.75, 3.05) is 0 Å². The minimum atomic E-state index is -2.75. The summed E-state index contributed by atoms with van der Waals surface area (Å²) < 4.78 is 25.9. The Labute approximate surface area is 109 Å². The molecule has 0 saturated carbocycles. The van der Waals surface area contributed by atoms with E-state index in [2.05, 4.69) is 0 Å². The highest BCUT2D eigenvalue weighted by atomic mass is 35.5. The molecular formula is C12H14ClF2NO2. The van der Waals surface area contributed by atoms with Crippen LogP contribution in [0.4, 0.5) is 14.5 Å². The second kappa shape index (κ2) is 6.09. The van der Waals surface area contributed by atoms with Gasteiger partial charge in [-0.05, 0) is 17.9 Å². The van der Waals surface area contributed by atoms with Crippen molar-refractivity contribution in [3.8, 4) is 0 Å². The molecule has 0 saturated heterocycles. The number of benzene rings is 1. The summed E-state index contributed by atoms with van der Waals surface area (Å²) in [5.41, 5.74) is -0.267. The third-order valence-corrected chi connectivity index (χ3v) is 3.63. The lowest BCUT2D eigenvalue weighted by Gasteiger charge is -2.19. The van der Waals surface area contributed by atoms with Crippen LogP contribution in [0.2, 0.25) is 0 Å². The molecule has 2 unspecified atom stereocenters. The second-order valence-corrected chi connectivity index (χ2v) is 4.64. The third kappa shape index (κ3) is 3.16. The van der Waals surface area contributed by atoms with Gasteiger partial charge in [-0.25, -0.2) is 8.78 Å². The van der Waals surface area contributed by atoms with Crippen molar-refractivity contribution in [2.24, 2.45) is 0 Å². The summed E-state index contributed by atoms with van der Waals surface area (Å²) in [4.78, 5) is 9.90. The highest BCUT2D eigenvalue weighted by Crippen LogP contribution is 2.35. The van der Waals surface area contributed by atoms with E-state index in [1.54, 1.807) is 6.92 Å². The van der Waals surface area contributed by atoms with E-state index in [1.165, 1.54) is 12.1 Å². The Hall–Kier alpha value is -1.23. The van der Waals surface area contributed by atoms with Crippen molar-refractivity contribution >= 4 is 17.3 Å². The molecule has 0 amide bonds. The van der Waals surface area contributed by atoms with Crippen LogP contribution in [0.1, 0.15) is 43.7 Å². The number of nitrogens with zero attached hydrogens (tertiary/aromatic N) is 1. The maximum absolute atomic E-state index is 12.9. The van der Waals surface area contributed by atoms with E-state index in [0.29, 0.717) is 12.0 Å². The minimum absolute atomic E-state index is 0.274. The molecule has 1 aromatic rings. The molecule has 0 spiro atoms. The zero-order chi connectivity index (χ0) is 13.9. The number of hydrogen-bond acceptors (Lipinski definition) is 2. The fourth-order valence-corrected chi connectivity index (χ4v) is 1.96. The third-order valence-electron chi connectivity index (χ3n) is 2.94. The fourth-order valence-electron chi connectivity index (χ4n) is 1.83. The van der Waals surface area contributed by atoms with Crippen LogP contribution in [0.3, 0.4) is 0 Å². The molecule has 3 nitrogen and oxygen atoms in total. The average molecular weight is 278 g/mol. The first-order valence-electron chi connectivity index (χ1n) is 5.58. The van der Waals surface area contributed by atoms with E-state index in [4.69, 9.17) is 11.6 Å². The Bertz CT molecular complexity index is 440. The van der Waals surface area contributed by atoms with Crippen LogP contribution in [0, 0.1) is 10.1 Å². The fraction of sp³-hybridized carbons (Fsp3) is 0.500. The topological polar surface area (TPSA) is 43.1 Å². The summed E-state index contributed by atoms with van der Waals surface area (Å²) in [5.74, 6) is -0.276. The lowest BCUT2D eigenvalue weighted by atomic mass is 9.91. The van der Waals surface area contributed by atoms with E-state index >= 15 is 0 Å². The molecular weight excluding hydrogens is 264 g/mol. The maximum atomic E-state index is 12.9. The number of non-ortho nitro benzene ring substituents is 1. The smallest absolute Gasteiger partial charge is 0.258 e. The number of rotatable bonds is 5. The number of nitro groups is 1. The van der Waals surface area contributed by atoms with E-state index in [9.17, 15) is 18.9 Å². The lowest BCUT2D eigenvalue weighted by Crippen LogP contribution is -2.11. The summed E-state index contributed by atoms with van der Waals surface area (Å²) >= 11 is 6.05. The van der Waals surface area contributed by atoms with Crippen LogP contribution in [0.15, 0.2) is 18.2 Å². The van der Waals surface area contributed by atoms with Gasteiger partial charge in [0, 0.05) is 23.1 Å². The van der Waals surface area contributed by atoms with Crippen LogP contribution in [-0.4, -0.2) is 10.3 Å². The summed E-state index contributed by atoms with van der Waals surface area (Å²) in [6.07, 6.45) is -2.11. The molecule has 2 atom stereocenters. The average Bonchev–Trinajstić information content (AvgIpc) is 2.35. The van der Waals surface area contributed by atoms with E-state index in [1.807, 2.05) is 6.92 Å². The van der Waals surface area contributed by atoms with Crippen molar-refractivity contribution in [2.45, 2.75) is 38.0 Å².